The molecule has 1 aromatic heterocycles. The van der Waals surface area contributed by atoms with Crippen molar-refractivity contribution in [3.63, 3.8) is 0 Å². The van der Waals surface area contributed by atoms with Crippen LogP contribution < -0.4 is 5.32 Å². The van der Waals surface area contributed by atoms with Crippen molar-refractivity contribution in [2.75, 3.05) is 0 Å². The summed E-state index contributed by atoms with van der Waals surface area (Å²) in [5, 5.41) is 5.66. The summed E-state index contributed by atoms with van der Waals surface area (Å²) in [7, 11) is 0. The van der Waals surface area contributed by atoms with Crippen LogP contribution in [0.3, 0.4) is 0 Å². The molecule has 0 spiro atoms. The molecule has 1 unspecified atom stereocenters. The van der Waals surface area contributed by atoms with Crippen molar-refractivity contribution in [3.05, 3.63) is 168 Å². The van der Waals surface area contributed by atoms with Gasteiger partial charge in [-0.15, -0.1) is 0 Å². The Balaban J connectivity index is 1.27. The van der Waals surface area contributed by atoms with Gasteiger partial charge in [-0.3, -0.25) is 0 Å². The number of amidine groups is 2. The number of aliphatic imine (C=N–C) groups is 2. The third kappa shape index (κ3) is 4.69. The molecule has 8 rings (SSSR count). The average Bonchev–Trinajstić information content (AvgIpc) is 3.47. The van der Waals surface area contributed by atoms with Crippen LogP contribution in [-0.4, -0.2) is 11.7 Å². The number of fused-ring (bicyclic) bond motifs is 3. The second-order valence-corrected chi connectivity index (χ2v) is 10.7. The van der Waals surface area contributed by atoms with Crippen molar-refractivity contribution in [3.8, 4) is 22.3 Å². The summed E-state index contributed by atoms with van der Waals surface area (Å²) < 4.78 is 6.33. The Morgan fingerprint density at radius 3 is 1.81 bits per heavy atom. The zero-order chi connectivity index (χ0) is 28.6. The first-order valence-electron chi connectivity index (χ1n) is 14.5. The fourth-order valence-corrected chi connectivity index (χ4v) is 5.79. The van der Waals surface area contributed by atoms with Gasteiger partial charge in [-0.05, 0) is 46.0 Å². The Hall–Kier alpha value is -5.74. The van der Waals surface area contributed by atoms with Crippen molar-refractivity contribution in [1.82, 2.24) is 5.32 Å². The van der Waals surface area contributed by atoms with Crippen LogP contribution >= 0.6 is 0 Å². The predicted octanol–water partition coefficient (Wildman–Crippen LogP) is 9.42. The van der Waals surface area contributed by atoms with Crippen LogP contribution in [0.5, 0.6) is 0 Å². The summed E-state index contributed by atoms with van der Waals surface area (Å²) in [6, 6.07) is 52.2. The zero-order valence-electron chi connectivity index (χ0n) is 23.3. The summed E-state index contributed by atoms with van der Waals surface area (Å²) in [4.78, 5) is 10.3. The van der Waals surface area contributed by atoms with Gasteiger partial charge in [0.2, 0.25) is 0 Å². The van der Waals surface area contributed by atoms with E-state index in [9.17, 15) is 0 Å². The number of nitrogens with one attached hydrogen (secondary N) is 1. The highest BCUT2D eigenvalue weighted by Gasteiger charge is 2.23. The standard InChI is InChI=1S/C39H27N3O/c1-4-11-26(12-5-1)28-19-21-30(22-20-28)38-40-37(29-15-8-3-9-16-29)41-39(42-38)32-17-10-18-35-36(32)33-25-31(23-24-34(33)43-35)27-13-6-2-7-14-27/h1-25,38H,(H,40,41,42). The van der Waals surface area contributed by atoms with Gasteiger partial charge in [-0.1, -0.05) is 133 Å². The number of rotatable bonds is 5. The van der Waals surface area contributed by atoms with E-state index in [2.05, 4.69) is 115 Å². The molecule has 0 saturated heterocycles. The second kappa shape index (κ2) is 10.6. The third-order valence-corrected chi connectivity index (χ3v) is 7.97. The largest absolute Gasteiger partial charge is 0.456 e. The van der Waals surface area contributed by atoms with Gasteiger partial charge < -0.3 is 9.73 Å². The molecule has 204 valence electrons. The maximum Gasteiger partial charge on any atom is 0.160 e. The SMILES string of the molecule is c1ccc(C2=NC(c3cccc4oc5ccc(-c6ccccc6)cc5c34)=NC(c3ccc(-c4ccccc4)cc3)N2)cc1. The molecule has 4 nitrogen and oxygen atoms in total. The minimum Gasteiger partial charge on any atom is -0.456 e. The lowest BCUT2D eigenvalue weighted by Crippen LogP contribution is -2.33. The molecule has 0 radical (unpaired) electrons. The van der Waals surface area contributed by atoms with Crippen molar-refractivity contribution >= 4 is 33.6 Å². The van der Waals surface area contributed by atoms with Crippen LogP contribution in [0.4, 0.5) is 0 Å². The van der Waals surface area contributed by atoms with Crippen molar-refractivity contribution in [2.45, 2.75) is 6.17 Å². The zero-order valence-corrected chi connectivity index (χ0v) is 23.3. The lowest BCUT2D eigenvalue weighted by Gasteiger charge is -2.24. The van der Waals surface area contributed by atoms with E-state index in [0.29, 0.717) is 5.84 Å². The molecule has 0 fully saturated rings. The highest BCUT2D eigenvalue weighted by atomic mass is 16.3. The van der Waals surface area contributed by atoms with E-state index < -0.39 is 0 Å². The highest BCUT2D eigenvalue weighted by Crippen LogP contribution is 2.36. The topological polar surface area (TPSA) is 49.9 Å². The number of furan rings is 1. The third-order valence-electron chi connectivity index (χ3n) is 7.97. The predicted molar refractivity (Wildman–Crippen MR) is 176 cm³/mol. The first kappa shape index (κ1) is 25.0. The maximum atomic E-state index is 6.33. The average molecular weight is 554 g/mol. The maximum absolute atomic E-state index is 6.33. The lowest BCUT2D eigenvalue weighted by molar-refractivity contribution is 0.668. The van der Waals surface area contributed by atoms with Crippen LogP contribution in [0.2, 0.25) is 0 Å². The molecule has 7 aromatic rings. The van der Waals surface area contributed by atoms with Gasteiger partial charge in [0.15, 0.2) is 5.84 Å². The van der Waals surface area contributed by atoms with Crippen LogP contribution in [0.15, 0.2) is 166 Å². The molecular weight excluding hydrogens is 526 g/mol. The van der Waals surface area contributed by atoms with E-state index in [1.807, 2.05) is 42.5 Å². The molecule has 6 aromatic carbocycles. The van der Waals surface area contributed by atoms with E-state index in [1.165, 1.54) is 16.7 Å². The van der Waals surface area contributed by atoms with Crippen molar-refractivity contribution in [1.29, 1.82) is 0 Å². The summed E-state index contributed by atoms with van der Waals surface area (Å²) >= 11 is 0. The van der Waals surface area contributed by atoms with Gasteiger partial charge in [0.1, 0.15) is 23.2 Å². The van der Waals surface area contributed by atoms with Crippen molar-refractivity contribution in [2.24, 2.45) is 9.98 Å². The number of hydrogen-bond donors (Lipinski definition) is 1. The molecule has 2 heterocycles. The molecule has 43 heavy (non-hydrogen) atoms. The van der Waals surface area contributed by atoms with Crippen LogP contribution in [0.1, 0.15) is 22.9 Å². The van der Waals surface area contributed by atoms with E-state index in [0.717, 1.165) is 50.0 Å². The molecule has 1 atom stereocenters. The van der Waals surface area contributed by atoms with Gasteiger partial charge in [-0.25, -0.2) is 9.98 Å². The van der Waals surface area contributed by atoms with Gasteiger partial charge in [-0.2, -0.15) is 0 Å². The molecule has 1 aliphatic heterocycles. The smallest absolute Gasteiger partial charge is 0.160 e. The Morgan fingerprint density at radius 2 is 1.12 bits per heavy atom. The van der Waals surface area contributed by atoms with E-state index in [4.69, 9.17) is 14.4 Å². The number of nitrogens with zero attached hydrogens (tertiary/aromatic N) is 2. The Labute approximate surface area is 249 Å². The Morgan fingerprint density at radius 1 is 0.512 bits per heavy atom. The quantitative estimate of drug-likeness (QED) is 0.231. The summed E-state index contributed by atoms with van der Waals surface area (Å²) in [6.45, 7) is 0. The second-order valence-electron chi connectivity index (χ2n) is 10.7. The van der Waals surface area contributed by atoms with Gasteiger partial charge >= 0.3 is 0 Å². The van der Waals surface area contributed by atoms with E-state index in [1.54, 1.807) is 0 Å². The normalized spacial score (nSPS) is 14.7. The Kier molecular flexibility index (Phi) is 6.16. The summed E-state index contributed by atoms with van der Waals surface area (Å²) in [5.74, 6) is 1.46. The van der Waals surface area contributed by atoms with Crippen molar-refractivity contribution < 1.29 is 4.42 Å². The minimum absolute atomic E-state index is 0.305. The summed E-state index contributed by atoms with van der Waals surface area (Å²) in [6.07, 6.45) is -0.305. The fourth-order valence-electron chi connectivity index (χ4n) is 5.79. The van der Waals surface area contributed by atoms with Gasteiger partial charge in [0.05, 0.1) is 0 Å². The number of benzene rings is 6. The molecule has 0 aliphatic carbocycles. The van der Waals surface area contributed by atoms with Gasteiger partial charge in [0.25, 0.3) is 0 Å². The molecular formula is C39H27N3O. The fraction of sp³-hybridized carbons (Fsp3) is 0.0256. The monoisotopic (exact) mass is 553 g/mol. The van der Waals surface area contributed by atoms with Gasteiger partial charge in [0, 0.05) is 21.9 Å². The Bertz CT molecular complexity index is 2130. The van der Waals surface area contributed by atoms with Crippen LogP contribution in [0, 0.1) is 0 Å². The lowest BCUT2D eigenvalue weighted by atomic mass is 10.00. The van der Waals surface area contributed by atoms with Crippen LogP contribution in [0.25, 0.3) is 44.2 Å². The van der Waals surface area contributed by atoms with E-state index >= 15 is 0 Å². The molecule has 0 bridgehead atoms. The highest BCUT2D eigenvalue weighted by molar-refractivity contribution is 6.22. The molecule has 0 saturated carbocycles. The molecule has 0 amide bonds. The molecule has 1 aliphatic rings. The first-order chi connectivity index (χ1) is 21.3. The molecule has 4 heteroatoms. The minimum atomic E-state index is -0.305. The first-order valence-corrected chi connectivity index (χ1v) is 14.5. The van der Waals surface area contributed by atoms with E-state index in [-0.39, 0.29) is 6.17 Å². The molecule has 1 N–H and O–H groups in total. The number of hydrogen-bond acceptors (Lipinski definition) is 4. The van der Waals surface area contributed by atoms with Crippen LogP contribution in [-0.2, 0) is 0 Å². The summed E-state index contributed by atoms with van der Waals surface area (Å²) in [5.41, 5.74) is 9.35.